The molecule has 1 aromatic carbocycles. The maximum Gasteiger partial charge on any atom is 0.127 e. The van der Waals surface area contributed by atoms with Gasteiger partial charge in [-0.15, -0.1) is 0 Å². The number of aliphatic hydroxyl groups is 1. The van der Waals surface area contributed by atoms with Gasteiger partial charge in [0.15, 0.2) is 0 Å². The molecule has 1 aliphatic rings. The minimum absolute atomic E-state index is 0.121. The fourth-order valence-corrected chi connectivity index (χ4v) is 2.35. The van der Waals surface area contributed by atoms with E-state index < -0.39 is 5.60 Å². The molecule has 0 saturated carbocycles. The quantitative estimate of drug-likeness (QED) is 0.889. The Kier molecular flexibility index (Phi) is 3.64. The molecule has 0 aliphatic carbocycles. The van der Waals surface area contributed by atoms with Crippen molar-refractivity contribution in [2.24, 2.45) is 0 Å². The molecule has 3 heteroatoms. The molecular weight excluding hydrogens is 250 g/mol. The molecule has 0 amide bonds. The number of rotatable bonds is 4. The standard InChI is InChI=1S/C17H27NO2/c1-15(2)10-12-8-7-9-13(14(12)20-15)11-18-16(3,4)17(5,6)19/h7-9,18-19H,10-11H2,1-6H3. The SMILES string of the molecule is CC1(C)Cc2cccc(CNC(C)(C)C(C)(C)O)c2O1. The van der Waals surface area contributed by atoms with Crippen LogP contribution in [0.1, 0.15) is 52.7 Å². The van der Waals surface area contributed by atoms with Gasteiger partial charge < -0.3 is 15.2 Å². The summed E-state index contributed by atoms with van der Waals surface area (Å²) in [5.41, 5.74) is 1.15. The highest BCUT2D eigenvalue weighted by molar-refractivity contribution is 5.45. The van der Waals surface area contributed by atoms with Crippen molar-refractivity contribution >= 4 is 0 Å². The monoisotopic (exact) mass is 277 g/mol. The molecule has 0 radical (unpaired) electrons. The van der Waals surface area contributed by atoms with Crippen molar-refractivity contribution in [1.29, 1.82) is 0 Å². The molecular formula is C17H27NO2. The first-order valence-corrected chi connectivity index (χ1v) is 7.29. The van der Waals surface area contributed by atoms with Gasteiger partial charge in [-0.3, -0.25) is 0 Å². The molecule has 0 saturated heterocycles. The lowest BCUT2D eigenvalue weighted by Crippen LogP contribution is -2.55. The summed E-state index contributed by atoms with van der Waals surface area (Å²) in [5, 5.41) is 13.6. The molecule has 1 aromatic rings. The highest BCUT2D eigenvalue weighted by atomic mass is 16.5. The number of benzene rings is 1. The number of ether oxygens (including phenoxy) is 1. The minimum Gasteiger partial charge on any atom is -0.487 e. The van der Waals surface area contributed by atoms with E-state index in [0.29, 0.717) is 6.54 Å². The fourth-order valence-electron chi connectivity index (χ4n) is 2.35. The van der Waals surface area contributed by atoms with E-state index in [0.717, 1.165) is 17.7 Å². The molecule has 1 aliphatic heterocycles. The van der Waals surface area contributed by atoms with Crippen LogP contribution in [0.5, 0.6) is 5.75 Å². The Morgan fingerprint density at radius 3 is 2.50 bits per heavy atom. The van der Waals surface area contributed by atoms with Crippen LogP contribution < -0.4 is 10.1 Å². The summed E-state index contributed by atoms with van der Waals surface area (Å²) in [4.78, 5) is 0. The van der Waals surface area contributed by atoms with Gasteiger partial charge in [0.25, 0.3) is 0 Å². The molecule has 20 heavy (non-hydrogen) atoms. The van der Waals surface area contributed by atoms with Crippen LogP contribution in [-0.4, -0.2) is 21.8 Å². The third-order valence-electron chi connectivity index (χ3n) is 4.42. The van der Waals surface area contributed by atoms with Gasteiger partial charge in [0, 0.05) is 24.1 Å². The summed E-state index contributed by atoms with van der Waals surface area (Å²) < 4.78 is 6.07. The minimum atomic E-state index is -0.787. The van der Waals surface area contributed by atoms with E-state index in [1.165, 1.54) is 5.56 Å². The van der Waals surface area contributed by atoms with Crippen molar-refractivity contribution in [2.75, 3.05) is 0 Å². The van der Waals surface area contributed by atoms with Crippen molar-refractivity contribution in [3.8, 4) is 5.75 Å². The zero-order valence-electron chi connectivity index (χ0n) is 13.5. The summed E-state index contributed by atoms with van der Waals surface area (Å²) >= 11 is 0. The van der Waals surface area contributed by atoms with E-state index in [1.54, 1.807) is 0 Å². The van der Waals surface area contributed by atoms with E-state index >= 15 is 0 Å². The topological polar surface area (TPSA) is 41.5 Å². The van der Waals surface area contributed by atoms with Crippen molar-refractivity contribution < 1.29 is 9.84 Å². The maximum atomic E-state index is 10.2. The van der Waals surface area contributed by atoms with Gasteiger partial charge in [-0.1, -0.05) is 18.2 Å². The second-order valence-electron chi connectivity index (χ2n) is 7.48. The normalized spacial score (nSPS) is 17.8. The largest absolute Gasteiger partial charge is 0.487 e. The molecule has 0 fully saturated rings. The molecule has 0 bridgehead atoms. The van der Waals surface area contributed by atoms with Gasteiger partial charge in [-0.2, -0.15) is 0 Å². The van der Waals surface area contributed by atoms with Crippen LogP contribution in [0.3, 0.4) is 0 Å². The lowest BCUT2D eigenvalue weighted by Gasteiger charge is -2.38. The number of nitrogens with one attached hydrogen (secondary N) is 1. The molecule has 3 nitrogen and oxygen atoms in total. The molecule has 0 aromatic heterocycles. The zero-order chi connectivity index (χ0) is 15.2. The molecule has 2 N–H and O–H groups in total. The van der Waals surface area contributed by atoms with Crippen LogP contribution in [-0.2, 0) is 13.0 Å². The van der Waals surface area contributed by atoms with Gasteiger partial charge >= 0.3 is 0 Å². The number of para-hydroxylation sites is 1. The Morgan fingerprint density at radius 1 is 1.25 bits per heavy atom. The predicted molar refractivity (Wildman–Crippen MR) is 82.1 cm³/mol. The molecule has 0 atom stereocenters. The average molecular weight is 277 g/mol. The Morgan fingerprint density at radius 2 is 1.90 bits per heavy atom. The zero-order valence-corrected chi connectivity index (χ0v) is 13.5. The Bertz CT molecular complexity index is 498. The molecule has 0 spiro atoms. The third-order valence-corrected chi connectivity index (χ3v) is 4.42. The van der Waals surface area contributed by atoms with Crippen LogP contribution in [0.2, 0.25) is 0 Å². The van der Waals surface area contributed by atoms with Crippen LogP contribution in [0.4, 0.5) is 0 Å². The van der Waals surface area contributed by atoms with Crippen LogP contribution in [0.15, 0.2) is 18.2 Å². The second kappa shape index (κ2) is 4.74. The van der Waals surface area contributed by atoms with Crippen LogP contribution in [0, 0.1) is 0 Å². The molecule has 2 rings (SSSR count). The van der Waals surface area contributed by atoms with Crippen molar-refractivity contribution in [1.82, 2.24) is 5.32 Å². The first-order chi connectivity index (χ1) is 9.02. The Balaban J connectivity index is 2.16. The second-order valence-corrected chi connectivity index (χ2v) is 7.48. The smallest absolute Gasteiger partial charge is 0.127 e. The summed E-state index contributed by atoms with van der Waals surface area (Å²) in [6.45, 7) is 12.6. The number of hydrogen-bond donors (Lipinski definition) is 2. The maximum absolute atomic E-state index is 10.2. The Hall–Kier alpha value is -1.06. The summed E-state index contributed by atoms with van der Waals surface area (Å²) in [6, 6.07) is 6.31. The lowest BCUT2D eigenvalue weighted by molar-refractivity contribution is -0.00548. The molecule has 0 unspecified atom stereocenters. The van der Waals surface area contributed by atoms with E-state index in [4.69, 9.17) is 4.74 Å². The Labute approximate surface area is 122 Å². The van der Waals surface area contributed by atoms with E-state index in [2.05, 4.69) is 37.4 Å². The highest BCUT2D eigenvalue weighted by Crippen LogP contribution is 2.37. The van der Waals surface area contributed by atoms with Gasteiger partial charge in [-0.25, -0.2) is 0 Å². The summed E-state index contributed by atoms with van der Waals surface area (Å²) in [6.07, 6.45) is 0.949. The number of hydrogen-bond acceptors (Lipinski definition) is 3. The highest BCUT2D eigenvalue weighted by Gasteiger charge is 2.35. The van der Waals surface area contributed by atoms with Gasteiger partial charge in [0.05, 0.1) is 5.60 Å². The first kappa shape index (κ1) is 15.3. The molecule has 112 valence electrons. The van der Waals surface area contributed by atoms with Gasteiger partial charge in [-0.05, 0) is 47.1 Å². The van der Waals surface area contributed by atoms with Gasteiger partial charge in [0.1, 0.15) is 11.4 Å². The predicted octanol–water partition coefficient (Wildman–Crippen LogP) is 3.04. The average Bonchev–Trinajstić information content (AvgIpc) is 2.59. The third kappa shape index (κ3) is 2.99. The van der Waals surface area contributed by atoms with Crippen molar-refractivity contribution in [2.45, 2.75) is 71.2 Å². The van der Waals surface area contributed by atoms with E-state index in [9.17, 15) is 5.11 Å². The van der Waals surface area contributed by atoms with Crippen LogP contribution in [0.25, 0.3) is 0 Å². The summed E-state index contributed by atoms with van der Waals surface area (Å²) in [5.74, 6) is 1.01. The summed E-state index contributed by atoms with van der Waals surface area (Å²) in [7, 11) is 0. The van der Waals surface area contributed by atoms with Crippen LogP contribution >= 0.6 is 0 Å². The first-order valence-electron chi connectivity index (χ1n) is 7.29. The lowest BCUT2D eigenvalue weighted by atomic mass is 9.86. The van der Waals surface area contributed by atoms with E-state index in [-0.39, 0.29) is 11.1 Å². The fraction of sp³-hybridized carbons (Fsp3) is 0.647. The molecule has 1 heterocycles. The van der Waals surface area contributed by atoms with Crippen molar-refractivity contribution in [3.05, 3.63) is 29.3 Å². The van der Waals surface area contributed by atoms with E-state index in [1.807, 2.05) is 27.7 Å². The van der Waals surface area contributed by atoms with Crippen molar-refractivity contribution in [3.63, 3.8) is 0 Å². The number of fused-ring (bicyclic) bond motifs is 1. The van der Waals surface area contributed by atoms with Gasteiger partial charge in [0.2, 0.25) is 0 Å².